The molecule has 0 saturated heterocycles. The van der Waals surface area contributed by atoms with E-state index < -0.39 is 134 Å². The summed E-state index contributed by atoms with van der Waals surface area (Å²) in [6.07, 6.45) is 1.48. The number of halogens is 2. The number of aliphatic hydroxyl groups excluding tert-OH is 1. The van der Waals surface area contributed by atoms with Gasteiger partial charge in [-0.1, -0.05) is 81.4 Å². The molecule has 3 atom stereocenters. The van der Waals surface area contributed by atoms with Gasteiger partial charge < -0.3 is 56.9 Å². The minimum Gasteiger partial charge on any atom is -0.445 e. The van der Waals surface area contributed by atoms with Crippen molar-refractivity contribution in [2.75, 3.05) is 45.9 Å². The second-order valence-corrected chi connectivity index (χ2v) is 18.5. The van der Waals surface area contributed by atoms with E-state index in [1.54, 1.807) is 67.9 Å². The van der Waals surface area contributed by atoms with Crippen LogP contribution < -0.4 is 37.6 Å². The lowest BCUT2D eigenvalue weighted by Gasteiger charge is -2.41. The Morgan fingerprint density at radius 2 is 1.37 bits per heavy atom. The van der Waals surface area contributed by atoms with Gasteiger partial charge in [0, 0.05) is 61.3 Å². The number of nitrogens with two attached hydrogens (primary N) is 1. The molecule has 22 nitrogen and oxygen atoms in total. The molecule has 0 spiro atoms. The zero-order valence-electron chi connectivity index (χ0n) is 41.9. The molecule has 3 aromatic carbocycles. The van der Waals surface area contributed by atoms with Gasteiger partial charge in [-0.05, 0) is 47.2 Å². The van der Waals surface area contributed by atoms with Crippen LogP contribution in [0.25, 0.3) is 11.1 Å². The van der Waals surface area contributed by atoms with Crippen LogP contribution in [0.1, 0.15) is 56.5 Å². The van der Waals surface area contributed by atoms with Crippen LogP contribution in [0.2, 0.25) is 0 Å². The largest absolute Gasteiger partial charge is 0.445 e. The summed E-state index contributed by atoms with van der Waals surface area (Å²) in [6.45, 7) is 1.62. The fraction of sp³-hybridized carbons (Fsp3) is 0.346. The SMILES string of the molecule is CC(C)(C)C(c1cc(-c2cc(F)ccc2F)cn1Cc1ccccc1)N(CCC(NC(=O)C(CC(N)=O)NC(=O)CNC(=O)CNC(=O)OCc1ccccc1)C(=O)NCCNC(=O)CN1C(=O)C=CC1=O)C(=O)CO. The van der Waals surface area contributed by atoms with E-state index in [1.807, 2.05) is 30.3 Å². The first-order chi connectivity index (χ1) is 36.1. The number of carbonyl (C=O) groups is 10. The molecular formula is C52H60F2N10O12. The first kappa shape index (κ1) is 58.1. The summed E-state index contributed by atoms with van der Waals surface area (Å²) in [6, 6.07) is 18.1. The van der Waals surface area contributed by atoms with Gasteiger partial charge in [0.25, 0.3) is 11.8 Å². The maximum Gasteiger partial charge on any atom is 0.407 e. The number of nitrogens with zero attached hydrogens (tertiary/aromatic N) is 3. The molecule has 2 heterocycles. The summed E-state index contributed by atoms with van der Waals surface area (Å²) >= 11 is 0. The molecule has 0 bridgehead atoms. The number of ether oxygens (including phenoxy) is 1. The van der Waals surface area contributed by atoms with Crippen LogP contribution in [-0.4, -0.2) is 137 Å². The fourth-order valence-corrected chi connectivity index (χ4v) is 8.03. The highest BCUT2D eigenvalue weighted by Crippen LogP contribution is 2.41. The van der Waals surface area contributed by atoms with E-state index in [4.69, 9.17) is 10.5 Å². The third-order valence-corrected chi connectivity index (χ3v) is 11.6. The predicted octanol–water partition coefficient (Wildman–Crippen LogP) is 0.825. The molecule has 5 rings (SSSR count). The maximum atomic E-state index is 15.4. The Balaban J connectivity index is 1.37. The maximum absolute atomic E-state index is 15.4. The van der Waals surface area contributed by atoms with Crippen molar-refractivity contribution >= 4 is 59.3 Å². The number of aromatic nitrogens is 1. The van der Waals surface area contributed by atoms with Crippen LogP contribution in [0.4, 0.5) is 13.6 Å². The zero-order valence-corrected chi connectivity index (χ0v) is 41.9. The summed E-state index contributed by atoms with van der Waals surface area (Å²) in [7, 11) is 0. The number of alkyl carbamates (subject to hydrolysis) is 1. The van der Waals surface area contributed by atoms with Crippen molar-refractivity contribution in [2.24, 2.45) is 11.1 Å². The zero-order chi connectivity index (χ0) is 55.5. The number of carbonyl (C=O) groups excluding carboxylic acids is 10. The molecule has 1 aliphatic heterocycles. The fourth-order valence-electron chi connectivity index (χ4n) is 8.03. The van der Waals surface area contributed by atoms with E-state index in [1.165, 1.54) is 4.90 Å². The second kappa shape index (κ2) is 27.5. The molecule has 4 aromatic rings. The lowest BCUT2D eigenvalue weighted by Crippen LogP contribution is -2.57. The highest BCUT2D eigenvalue weighted by Gasteiger charge is 2.38. The number of hydrogen-bond acceptors (Lipinski definition) is 12. The lowest BCUT2D eigenvalue weighted by molar-refractivity contribution is -0.141. The van der Waals surface area contributed by atoms with Crippen molar-refractivity contribution in [3.8, 4) is 11.1 Å². The summed E-state index contributed by atoms with van der Waals surface area (Å²) in [5.74, 6) is -9.27. The average Bonchev–Trinajstić information content (AvgIpc) is 3.93. The van der Waals surface area contributed by atoms with E-state index in [0.29, 0.717) is 16.2 Å². The number of imide groups is 1. The summed E-state index contributed by atoms with van der Waals surface area (Å²) in [5, 5.41) is 24.7. The number of aliphatic hydroxyl groups is 1. The number of nitrogens with one attached hydrogen (secondary N) is 6. The van der Waals surface area contributed by atoms with Gasteiger partial charge in [0.1, 0.15) is 50.0 Å². The molecule has 404 valence electrons. The first-order valence-electron chi connectivity index (χ1n) is 23.9. The number of hydrogen-bond donors (Lipinski definition) is 8. The Morgan fingerprint density at radius 3 is 2.00 bits per heavy atom. The third kappa shape index (κ3) is 17.4. The molecular weight excluding hydrogens is 995 g/mol. The van der Waals surface area contributed by atoms with Crippen molar-refractivity contribution in [2.45, 2.75) is 64.9 Å². The van der Waals surface area contributed by atoms with Crippen LogP contribution in [-0.2, 0) is 61.0 Å². The number of primary amides is 1. The first-order valence-corrected chi connectivity index (χ1v) is 23.9. The third-order valence-electron chi connectivity index (χ3n) is 11.6. The van der Waals surface area contributed by atoms with Crippen LogP contribution in [0.15, 0.2) is 103 Å². The predicted molar refractivity (Wildman–Crippen MR) is 268 cm³/mol. The average molecular weight is 1060 g/mol. The van der Waals surface area contributed by atoms with E-state index in [2.05, 4.69) is 31.9 Å². The molecule has 24 heteroatoms. The molecule has 0 radical (unpaired) electrons. The molecule has 10 amide bonds. The topological polar surface area (TPSA) is 310 Å². The molecule has 76 heavy (non-hydrogen) atoms. The van der Waals surface area contributed by atoms with Crippen molar-refractivity contribution in [1.29, 1.82) is 0 Å². The van der Waals surface area contributed by atoms with Gasteiger partial charge >= 0.3 is 6.09 Å². The summed E-state index contributed by atoms with van der Waals surface area (Å²) in [4.78, 5) is 131. The minimum absolute atomic E-state index is 0.0693. The van der Waals surface area contributed by atoms with Gasteiger partial charge in [-0.15, -0.1) is 0 Å². The van der Waals surface area contributed by atoms with Gasteiger partial charge in [-0.2, -0.15) is 0 Å². The molecule has 0 aliphatic carbocycles. The van der Waals surface area contributed by atoms with Gasteiger partial charge in [-0.3, -0.25) is 48.1 Å². The highest BCUT2D eigenvalue weighted by molar-refractivity contribution is 6.14. The molecule has 3 unspecified atom stereocenters. The monoisotopic (exact) mass is 1050 g/mol. The van der Waals surface area contributed by atoms with Gasteiger partial charge in [0.2, 0.25) is 41.4 Å². The molecule has 9 N–H and O–H groups in total. The minimum atomic E-state index is -1.74. The van der Waals surface area contributed by atoms with E-state index >= 15 is 4.39 Å². The van der Waals surface area contributed by atoms with Gasteiger partial charge in [0.15, 0.2) is 0 Å². The van der Waals surface area contributed by atoms with Crippen LogP contribution >= 0.6 is 0 Å². The van der Waals surface area contributed by atoms with E-state index in [0.717, 1.165) is 35.9 Å². The molecule has 1 aromatic heterocycles. The number of rotatable bonds is 26. The van der Waals surface area contributed by atoms with Crippen molar-refractivity contribution in [3.05, 3.63) is 132 Å². The Hall–Kier alpha value is -8.80. The second-order valence-electron chi connectivity index (χ2n) is 18.5. The molecule has 0 fully saturated rings. The Bertz CT molecular complexity index is 2790. The van der Waals surface area contributed by atoms with E-state index in [-0.39, 0.29) is 43.9 Å². The Morgan fingerprint density at radius 1 is 0.737 bits per heavy atom. The molecule has 0 saturated carbocycles. The number of benzene rings is 3. The summed E-state index contributed by atoms with van der Waals surface area (Å²) in [5.41, 5.74) is 6.66. The standard InChI is InChI=1S/C52H60F2N10O12/c1-52(2,3)48(40-22-34(36-23-35(53)14-15-37(36)54)28-62(40)27-32-10-6-4-7-11-32)63(47(72)30-65)21-18-38(49(73)57-20-19-56-44(69)29-64-45(70)16-17-46(64)71)61-50(74)39(24-41(55)66)60-43(68)26-58-42(67)25-59-51(75)76-31-33-12-8-5-9-13-33/h4-17,22-23,28,38-39,48,65H,18-21,24-27,29-31H2,1-3H3,(H2,55,66)(H,56,69)(H,57,73)(H,58,67)(H,59,75)(H,60,68)(H,61,74). The smallest absolute Gasteiger partial charge is 0.407 e. The van der Waals surface area contributed by atoms with Gasteiger partial charge in [0.05, 0.1) is 19.0 Å². The van der Waals surface area contributed by atoms with Crippen molar-refractivity contribution in [3.63, 3.8) is 0 Å². The highest BCUT2D eigenvalue weighted by atomic mass is 19.1. The molecule has 1 aliphatic rings. The van der Waals surface area contributed by atoms with Crippen molar-refractivity contribution in [1.82, 2.24) is 46.3 Å². The van der Waals surface area contributed by atoms with E-state index in [9.17, 15) is 57.4 Å². The van der Waals surface area contributed by atoms with Crippen molar-refractivity contribution < 1.29 is 66.6 Å². The summed E-state index contributed by atoms with van der Waals surface area (Å²) < 4.78 is 36.8. The van der Waals surface area contributed by atoms with Crippen LogP contribution in [0.5, 0.6) is 0 Å². The van der Waals surface area contributed by atoms with Crippen LogP contribution in [0.3, 0.4) is 0 Å². The quantitative estimate of drug-likeness (QED) is 0.0321. The van der Waals surface area contributed by atoms with Gasteiger partial charge in [-0.25, -0.2) is 13.6 Å². The Labute approximate surface area is 435 Å². The number of amides is 10. The lowest BCUT2D eigenvalue weighted by atomic mass is 9.82. The van der Waals surface area contributed by atoms with Crippen LogP contribution in [0, 0.1) is 17.0 Å². The Kier molecular flexibility index (Phi) is 21.0. The normalized spacial score (nSPS) is 13.2.